The first-order valence-corrected chi connectivity index (χ1v) is 12.8. The van der Waals surface area contributed by atoms with E-state index in [0.29, 0.717) is 11.3 Å². The number of hydrogen-bond acceptors (Lipinski definition) is 3. The van der Waals surface area contributed by atoms with E-state index in [1.807, 2.05) is 52.8 Å². The van der Waals surface area contributed by atoms with E-state index in [0.717, 1.165) is 33.4 Å². The Hall–Kier alpha value is -3.12. The Labute approximate surface area is 197 Å². The molecular weight excluding hydrogens is 432 g/mol. The second-order valence-electron chi connectivity index (χ2n) is 8.81. The van der Waals surface area contributed by atoms with Crippen molar-refractivity contribution in [3.8, 4) is 0 Å². The summed E-state index contributed by atoms with van der Waals surface area (Å²) in [6.07, 6.45) is 1.21. The van der Waals surface area contributed by atoms with Crippen molar-refractivity contribution in [3.05, 3.63) is 99.6 Å². The van der Waals surface area contributed by atoms with E-state index < -0.39 is 10.0 Å². The molecule has 5 nitrogen and oxygen atoms in total. The van der Waals surface area contributed by atoms with Crippen LogP contribution in [0.3, 0.4) is 0 Å². The van der Waals surface area contributed by atoms with Gasteiger partial charge in [-0.25, -0.2) is 8.42 Å². The van der Waals surface area contributed by atoms with Gasteiger partial charge in [-0.05, 0) is 80.6 Å². The second kappa shape index (κ2) is 9.79. The van der Waals surface area contributed by atoms with Gasteiger partial charge in [0.25, 0.3) is 5.91 Å². The molecule has 0 radical (unpaired) electrons. The number of anilines is 1. The fourth-order valence-corrected chi connectivity index (χ4v) is 4.82. The minimum Gasteiger partial charge on any atom is -0.346 e. The fraction of sp³-hybridized carbons (Fsp3) is 0.296. The van der Waals surface area contributed by atoms with Crippen LogP contribution in [0.4, 0.5) is 5.69 Å². The van der Waals surface area contributed by atoms with E-state index in [9.17, 15) is 13.2 Å². The molecule has 1 amide bonds. The van der Waals surface area contributed by atoms with Gasteiger partial charge in [0.1, 0.15) is 0 Å². The molecule has 3 aromatic rings. The number of hydrogen-bond donors (Lipinski definition) is 1. The maximum absolute atomic E-state index is 12.8. The van der Waals surface area contributed by atoms with Gasteiger partial charge in [-0.15, -0.1) is 0 Å². The van der Waals surface area contributed by atoms with Crippen LogP contribution in [0.1, 0.15) is 56.7 Å². The highest BCUT2D eigenvalue weighted by Crippen LogP contribution is 2.26. The summed E-state index contributed by atoms with van der Waals surface area (Å²) in [5, 5.41) is 3.06. The molecule has 0 spiro atoms. The van der Waals surface area contributed by atoms with Crippen LogP contribution in [-0.2, 0) is 16.6 Å². The average Bonchev–Trinajstić information content (AvgIpc) is 2.75. The largest absolute Gasteiger partial charge is 0.346 e. The Morgan fingerprint density at radius 3 is 2.06 bits per heavy atom. The Kier molecular flexibility index (Phi) is 7.28. The normalized spacial score (nSPS) is 12.3. The maximum Gasteiger partial charge on any atom is 0.251 e. The van der Waals surface area contributed by atoms with Crippen LogP contribution in [0.5, 0.6) is 0 Å². The van der Waals surface area contributed by atoms with Crippen LogP contribution in [0, 0.1) is 27.7 Å². The van der Waals surface area contributed by atoms with Crippen molar-refractivity contribution >= 4 is 21.6 Å². The summed E-state index contributed by atoms with van der Waals surface area (Å²) in [6, 6.07) is 19.0. The summed E-state index contributed by atoms with van der Waals surface area (Å²) >= 11 is 0. The molecule has 3 rings (SSSR count). The lowest BCUT2D eigenvalue weighted by molar-refractivity contribution is 0.0939. The zero-order valence-electron chi connectivity index (χ0n) is 20.1. The summed E-state index contributed by atoms with van der Waals surface area (Å²) in [6.45, 7) is 10.1. The monoisotopic (exact) mass is 464 g/mol. The van der Waals surface area contributed by atoms with Crippen molar-refractivity contribution in [2.24, 2.45) is 0 Å². The number of carbonyl (C=O) groups excluding carboxylic acids is 1. The molecule has 0 heterocycles. The van der Waals surface area contributed by atoms with Crippen LogP contribution in [-0.4, -0.2) is 20.6 Å². The Bertz CT molecular complexity index is 1270. The van der Waals surface area contributed by atoms with Gasteiger partial charge in [-0.1, -0.05) is 48.0 Å². The van der Waals surface area contributed by atoms with E-state index >= 15 is 0 Å². The van der Waals surface area contributed by atoms with Gasteiger partial charge in [0.15, 0.2) is 0 Å². The molecule has 1 atom stereocenters. The lowest BCUT2D eigenvalue weighted by Gasteiger charge is -2.25. The molecule has 0 aromatic heterocycles. The molecule has 0 aliphatic heterocycles. The van der Waals surface area contributed by atoms with Gasteiger partial charge >= 0.3 is 0 Å². The molecule has 0 aliphatic carbocycles. The van der Waals surface area contributed by atoms with Crippen molar-refractivity contribution in [2.75, 3.05) is 10.6 Å². The minimum absolute atomic E-state index is 0.123. The number of aryl methyl sites for hydroxylation is 4. The van der Waals surface area contributed by atoms with Crippen molar-refractivity contribution in [2.45, 2.75) is 47.2 Å². The number of benzene rings is 3. The van der Waals surface area contributed by atoms with Gasteiger partial charge in [0, 0.05) is 5.56 Å². The van der Waals surface area contributed by atoms with E-state index in [2.05, 4.69) is 23.5 Å². The van der Waals surface area contributed by atoms with Gasteiger partial charge in [-0.3, -0.25) is 9.10 Å². The molecule has 0 saturated heterocycles. The first-order valence-electron chi connectivity index (χ1n) is 11.0. The number of carbonyl (C=O) groups is 1. The SMILES string of the molecule is Cc1ccc(C)c([C@@H](C)NC(=O)c2ccc(CN(c3cc(C)ccc3C)S(C)(=O)=O)cc2)c1. The molecule has 0 saturated carbocycles. The summed E-state index contributed by atoms with van der Waals surface area (Å²) in [5.74, 6) is -0.163. The Morgan fingerprint density at radius 2 is 1.45 bits per heavy atom. The molecule has 0 unspecified atom stereocenters. The summed E-state index contributed by atoms with van der Waals surface area (Å²) < 4.78 is 26.5. The molecule has 0 aliphatic rings. The van der Waals surface area contributed by atoms with Crippen LogP contribution in [0.25, 0.3) is 0 Å². The summed E-state index contributed by atoms with van der Waals surface area (Å²) in [7, 11) is -3.48. The predicted octanol–water partition coefficient (Wildman–Crippen LogP) is 5.38. The smallest absolute Gasteiger partial charge is 0.251 e. The van der Waals surface area contributed by atoms with Crippen LogP contribution < -0.4 is 9.62 Å². The molecule has 3 aromatic carbocycles. The van der Waals surface area contributed by atoms with E-state index in [4.69, 9.17) is 0 Å². The lowest BCUT2D eigenvalue weighted by Crippen LogP contribution is -2.30. The fourth-order valence-electron chi connectivity index (χ4n) is 3.88. The highest BCUT2D eigenvalue weighted by molar-refractivity contribution is 7.92. The highest BCUT2D eigenvalue weighted by atomic mass is 32.2. The molecule has 1 N–H and O–H groups in total. The standard InChI is InChI=1S/C27H32N2O3S/c1-18-7-9-20(3)25(15-18)22(5)28-27(30)24-13-11-23(12-14-24)17-29(33(6,31)32)26-16-19(2)8-10-21(26)4/h7-16,22H,17H2,1-6H3,(H,28,30)/t22-/m1/s1. The zero-order chi connectivity index (χ0) is 24.3. The molecule has 33 heavy (non-hydrogen) atoms. The molecule has 0 bridgehead atoms. The van der Waals surface area contributed by atoms with Crippen molar-refractivity contribution < 1.29 is 13.2 Å². The number of nitrogens with one attached hydrogen (secondary N) is 1. The third-order valence-corrected chi connectivity index (χ3v) is 6.95. The minimum atomic E-state index is -3.48. The highest BCUT2D eigenvalue weighted by Gasteiger charge is 2.20. The first kappa shape index (κ1) is 24.5. The third-order valence-electron chi connectivity index (χ3n) is 5.82. The number of amides is 1. The summed E-state index contributed by atoms with van der Waals surface area (Å²) in [4.78, 5) is 12.8. The molecular formula is C27H32N2O3S. The Balaban J connectivity index is 1.78. The third kappa shape index (κ3) is 6.02. The number of rotatable bonds is 7. The maximum atomic E-state index is 12.8. The predicted molar refractivity (Wildman–Crippen MR) is 135 cm³/mol. The van der Waals surface area contributed by atoms with E-state index in [1.165, 1.54) is 10.6 Å². The lowest BCUT2D eigenvalue weighted by atomic mass is 9.99. The van der Waals surface area contributed by atoms with E-state index in [-0.39, 0.29) is 18.5 Å². The van der Waals surface area contributed by atoms with Crippen molar-refractivity contribution in [3.63, 3.8) is 0 Å². The second-order valence-corrected chi connectivity index (χ2v) is 10.7. The van der Waals surface area contributed by atoms with Gasteiger partial charge in [0.2, 0.25) is 10.0 Å². The number of sulfonamides is 1. The van der Waals surface area contributed by atoms with Crippen LogP contribution in [0.15, 0.2) is 60.7 Å². The first-order chi connectivity index (χ1) is 15.5. The summed E-state index contributed by atoms with van der Waals surface area (Å²) in [5.41, 5.74) is 7.28. The van der Waals surface area contributed by atoms with Gasteiger partial charge < -0.3 is 5.32 Å². The topological polar surface area (TPSA) is 66.5 Å². The van der Waals surface area contributed by atoms with Crippen LogP contribution in [0.2, 0.25) is 0 Å². The zero-order valence-corrected chi connectivity index (χ0v) is 21.0. The van der Waals surface area contributed by atoms with Gasteiger partial charge in [-0.2, -0.15) is 0 Å². The van der Waals surface area contributed by atoms with Crippen LogP contribution >= 0.6 is 0 Å². The molecule has 0 fully saturated rings. The molecule has 6 heteroatoms. The van der Waals surface area contributed by atoms with Gasteiger partial charge in [0.05, 0.1) is 24.5 Å². The van der Waals surface area contributed by atoms with E-state index in [1.54, 1.807) is 24.3 Å². The van der Waals surface area contributed by atoms with Crippen molar-refractivity contribution in [1.29, 1.82) is 0 Å². The van der Waals surface area contributed by atoms with Crippen molar-refractivity contribution in [1.82, 2.24) is 5.32 Å². The average molecular weight is 465 g/mol. The number of nitrogens with zero attached hydrogens (tertiary/aromatic N) is 1. The Morgan fingerprint density at radius 1 is 0.879 bits per heavy atom. The molecule has 174 valence electrons. The quantitative estimate of drug-likeness (QED) is 0.511.